The third kappa shape index (κ3) is 6.55. The molecule has 14 nitrogen and oxygen atoms in total. The number of urea groups is 1. The van der Waals surface area contributed by atoms with Crippen LogP contribution in [0.1, 0.15) is 16.7 Å². The highest BCUT2D eigenvalue weighted by molar-refractivity contribution is 5.92. The number of aromatic nitrogens is 3. The van der Waals surface area contributed by atoms with Crippen LogP contribution < -0.4 is 10.6 Å². The summed E-state index contributed by atoms with van der Waals surface area (Å²) in [5, 5.41) is 27.1. The maximum Gasteiger partial charge on any atom is 0.334 e. The highest BCUT2D eigenvalue weighted by Gasteiger charge is 2.51. The van der Waals surface area contributed by atoms with Crippen LogP contribution in [0.4, 0.5) is 4.79 Å². The van der Waals surface area contributed by atoms with Crippen LogP contribution in [0.25, 0.3) is 11.0 Å². The molecule has 2 fully saturated rings. The number of rotatable bonds is 10. The number of piperazine rings is 1. The first-order chi connectivity index (χ1) is 23.3. The summed E-state index contributed by atoms with van der Waals surface area (Å²) in [6, 6.07) is 20.1. The lowest BCUT2D eigenvalue weighted by Gasteiger charge is -2.55. The third-order valence-electron chi connectivity index (χ3n) is 8.59. The first kappa shape index (κ1) is 32.2. The fourth-order valence-corrected chi connectivity index (χ4v) is 6.27. The Morgan fingerprint density at radius 1 is 1.02 bits per heavy atom. The summed E-state index contributed by atoms with van der Waals surface area (Å²) < 4.78 is 1.50. The molecule has 0 bridgehead atoms. The van der Waals surface area contributed by atoms with Crippen LogP contribution in [0, 0.1) is 0 Å². The fourth-order valence-electron chi connectivity index (χ4n) is 6.27. The number of nitrogens with zero attached hydrogens (tertiary/aromatic N) is 7. The standard InChI is InChI=1S/C34H37N9O5/c1-3-16-40-22-31(46)42-28(17-23-12-14-26(44)15-13-23)33(47)39(21-30(42)43(40)34(48)36-18-24-8-5-4-6-9-24)19-25-10-7-11-27-32(25)37-38-41(27)20-29(45)35-2/h3-15,28,30,44H,1,16-22H2,2H3,(H,35,45)(H,36,48)/t28-,30-/m0/s1. The number of nitrogens with one attached hydrogen (secondary N) is 2. The Kier molecular flexibility index (Phi) is 9.34. The largest absolute Gasteiger partial charge is 0.508 e. The lowest BCUT2D eigenvalue weighted by molar-refractivity contribution is -0.189. The van der Waals surface area contributed by atoms with Crippen LogP contribution in [0.15, 0.2) is 85.5 Å². The van der Waals surface area contributed by atoms with E-state index in [-0.39, 0.29) is 69.2 Å². The predicted octanol–water partition coefficient (Wildman–Crippen LogP) is 1.62. The van der Waals surface area contributed by atoms with Crippen molar-refractivity contribution in [1.82, 2.24) is 45.4 Å². The van der Waals surface area contributed by atoms with Crippen molar-refractivity contribution in [1.29, 1.82) is 0 Å². The molecule has 2 aliphatic heterocycles. The van der Waals surface area contributed by atoms with E-state index in [4.69, 9.17) is 0 Å². The second-order valence-electron chi connectivity index (χ2n) is 11.7. The molecular formula is C34H37N9O5. The SMILES string of the molecule is C=CCN1CC(=O)N2[C@@H](Cc3ccc(O)cc3)C(=O)N(Cc3cccc4c3nnn4CC(=O)NC)C[C@@H]2N1C(=O)NCc1ccccc1. The lowest BCUT2D eigenvalue weighted by Crippen LogP contribution is -2.76. The minimum atomic E-state index is -0.931. The van der Waals surface area contributed by atoms with E-state index in [1.807, 2.05) is 42.5 Å². The first-order valence-electron chi connectivity index (χ1n) is 15.6. The summed E-state index contributed by atoms with van der Waals surface area (Å²) in [6.07, 6.45) is 0.971. The predicted molar refractivity (Wildman–Crippen MR) is 176 cm³/mol. The topological polar surface area (TPSA) is 156 Å². The maximum absolute atomic E-state index is 14.4. The second kappa shape index (κ2) is 13.9. The van der Waals surface area contributed by atoms with Gasteiger partial charge in [-0.05, 0) is 29.3 Å². The molecule has 2 aliphatic rings. The van der Waals surface area contributed by atoms with Crippen molar-refractivity contribution in [3.63, 3.8) is 0 Å². The number of carbonyl (C=O) groups is 4. The van der Waals surface area contributed by atoms with Crippen LogP contribution in [-0.4, -0.2) is 103 Å². The number of benzene rings is 3. The van der Waals surface area contributed by atoms with Gasteiger partial charge in [0.15, 0.2) is 0 Å². The van der Waals surface area contributed by atoms with Crippen LogP contribution in [-0.2, 0) is 40.4 Å². The van der Waals surface area contributed by atoms with E-state index in [9.17, 15) is 24.3 Å². The number of amides is 5. The number of aromatic hydroxyl groups is 1. The number of likely N-dealkylation sites (N-methyl/N-ethyl adjacent to an activating group) is 1. The maximum atomic E-state index is 14.4. The van der Waals surface area contributed by atoms with Gasteiger partial charge in [0.2, 0.25) is 17.7 Å². The van der Waals surface area contributed by atoms with Gasteiger partial charge in [-0.2, -0.15) is 0 Å². The highest BCUT2D eigenvalue weighted by atomic mass is 16.3. The molecule has 0 radical (unpaired) electrons. The number of carbonyl (C=O) groups excluding carboxylic acids is 4. The fraction of sp³-hybridized carbons (Fsp3) is 0.294. The van der Waals surface area contributed by atoms with Gasteiger partial charge in [-0.3, -0.25) is 14.4 Å². The Morgan fingerprint density at radius 3 is 2.52 bits per heavy atom. The smallest absolute Gasteiger partial charge is 0.334 e. The van der Waals surface area contributed by atoms with E-state index in [0.717, 1.165) is 11.1 Å². The number of hydrazine groups is 1. The minimum Gasteiger partial charge on any atom is -0.508 e. The first-order valence-corrected chi connectivity index (χ1v) is 15.6. The zero-order valence-corrected chi connectivity index (χ0v) is 26.5. The third-order valence-corrected chi connectivity index (χ3v) is 8.59. The monoisotopic (exact) mass is 651 g/mol. The Morgan fingerprint density at radius 2 is 1.79 bits per heavy atom. The Balaban J connectivity index is 1.36. The van der Waals surface area contributed by atoms with Crippen LogP contribution in [0.2, 0.25) is 0 Å². The van der Waals surface area contributed by atoms with E-state index in [1.54, 1.807) is 41.2 Å². The molecule has 1 aromatic heterocycles. The molecule has 2 atom stereocenters. The van der Waals surface area contributed by atoms with Gasteiger partial charge < -0.3 is 25.5 Å². The number of phenols is 1. The molecule has 0 spiro atoms. The average Bonchev–Trinajstić information content (AvgIpc) is 3.50. The summed E-state index contributed by atoms with van der Waals surface area (Å²) in [4.78, 5) is 57.4. The molecule has 5 amide bonds. The molecule has 14 heteroatoms. The van der Waals surface area contributed by atoms with Crippen LogP contribution in [0.5, 0.6) is 5.75 Å². The van der Waals surface area contributed by atoms with Crippen LogP contribution in [0.3, 0.4) is 0 Å². The minimum absolute atomic E-state index is 0.0147. The average molecular weight is 652 g/mol. The Bertz CT molecular complexity index is 1830. The molecule has 248 valence electrons. The number of fused-ring (bicyclic) bond motifs is 2. The van der Waals surface area contributed by atoms with Gasteiger partial charge in [0.05, 0.1) is 18.6 Å². The summed E-state index contributed by atoms with van der Waals surface area (Å²) >= 11 is 0. The van der Waals surface area contributed by atoms with Crippen molar-refractivity contribution in [3.05, 3.63) is 102 Å². The van der Waals surface area contributed by atoms with Crippen molar-refractivity contribution in [2.24, 2.45) is 0 Å². The molecule has 3 N–H and O–H groups in total. The van der Waals surface area contributed by atoms with Gasteiger partial charge in [0.25, 0.3) is 0 Å². The molecule has 0 saturated carbocycles. The zero-order valence-electron chi connectivity index (χ0n) is 26.5. The molecule has 0 aliphatic carbocycles. The van der Waals surface area contributed by atoms with E-state index in [1.165, 1.54) is 26.7 Å². The quantitative estimate of drug-likeness (QED) is 0.219. The summed E-state index contributed by atoms with van der Waals surface area (Å²) in [5.41, 5.74) is 3.53. The van der Waals surface area contributed by atoms with E-state index in [0.29, 0.717) is 16.6 Å². The number of hydrogen-bond acceptors (Lipinski definition) is 8. The molecule has 6 rings (SSSR count). The van der Waals surface area contributed by atoms with Gasteiger partial charge in [-0.1, -0.05) is 65.9 Å². The van der Waals surface area contributed by atoms with Gasteiger partial charge in [0, 0.05) is 38.7 Å². The van der Waals surface area contributed by atoms with Gasteiger partial charge >= 0.3 is 6.03 Å². The summed E-state index contributed by atoms with van der Waals surface area (Å²) in [7, 11) is 1.55. The van der Waals surface area contributed by atoms with Crippen molar-refractivity contribution < 1.29 is 24.3 Å². The van der Waals surface area contributed by atoms with Crippen molar-refractivity contribution in [2.75, 3.05) is 26.7 Å². The number of phenolic OH excluding ortho intramolecular Hbond substituents is 1. The van der Waals surface area contributed by atoms with Crippen LogP contribution >= 0.6 is 0 Å². The highest BCUT2D eigenvalue weighted by Crippen LogP contribution is 2.30. The lowest BCUT2D eigenvalue weighted by atomic mass is 9.98. The molecule has 4 aromatic rings. The zero-order chi connectivity index (χ0) is 33.8. The molecular weight excluding hydrogens is 614 g/mol. The summed E-state index contributed by atoms with van der Waals surface area (Å²) in [5.74, 6) is -0.720. The van der Waals surface area contributed by atoms with Crippen molar-refractivity contribution >= 4 is 34.8 Å². The van der Waals surface area contributed by atoms with E-state index >= 15 is 0 Å². The van der Waals surface area contributed by atoms with Crippen molar-refractivity contribution in [3.8, 4) is 5.75 Å². The molecule has 48 heavy (non-hydrogen) atoms. The van der Waals surface area contributed by atoms with Gasteiger partial charge in [0.1, 0.15) is 30.0 Å². The normalized spacial score (nSPS) is 18.1. The van der Waals surface area contributed by atoms with Gasteiger partial charge in [-0.15, -0.1) is 11.7 Å². The Labute approximate surface area is 277 Å². The number of hydrogen-bond donors (Lipinski definition) is 3. The molecule has 2 saturated heterocycles. The van der Waals surface area contributed by atoms with E-state index in [2.05, 4.69) is 27.5 Å². The molecule has 3 heterocycles. The van der Waals surface area contributed by atoms with E-state index < -0.39 is 18.2 Å². The Hall–Kier alpha value is -5.76. The van der Waals surface area contributed by atoms with Gasteiger partial charge in [-0.25, -0.2) is 19.5 Å². The van der Waals surface area contributed by atoms with Crippen molar-refractivity contribution in [2.45, 2.75) is 38.3 Å². The summed E-state index contributed by atoms with van der Waals surface area (Å²) in [6.45, 7) is 4.37. The molecule has 3 aromatic carbocycles. The molecule has 0 unspecified atom stereocenters. The second-order valence-corrected chi connectivity index (χ2v) is 11.7.